The second-order valence-electron chi connectivity index (χ2n) is 12.6. The van der Waals surface area contributed by atoms with Crippen molar-refractivity contribution in [2.24, 2.45) is 5.73 Å². The van der Waals surface area contributed by atoms with Crippen LogP contribution in [0.15, 0.2) is 97.2 Å². The fraction of sp³-hybridized carbons (Fsp3) is 0.581. The van der Waals surface area contributed by atoms with Crippen LogP contribution in [0.4, 0.5) is 0 Å². The lowest BCUT2D eigenvalue weighted by Crippen LogP contribution is -2.29. The van der Waals surface area contributed by atoms with Crippen LogP contribution >= 0.6 is 7.82 Å². The molecule has 3 atom stereocenters. The smallest absolute Gasteiger partial charge is 0.462 e. The van der Waals surface area contributed by atoms with Gasteiger partial charge >= 0.3 is 19.8 Å². The first-order valence-corrected chi connectivity index (χ1v) is 21.3. The van der Waals surface area contributed by atoms with E-state index in [0.29, 0.717) is 25.7 Å². The normalized spacial score (nSPS) is 15.0. The van der Waals surface area contributed by atoms with E-state index in [0.717, 1.165) is 70.6 Å². The number of rotatable bonds is 35. The van der Waals surface area contributed by atoms with Gasteiger partial charge in [-0.1, -0.05) is 130 Å². The number of phosphoric acid groups is 1. The molecule has 0 aliphatic carbocycles. The zero-order valence-electron chi connectivity index (χ0n) is 33.0. The Labute approximate surface area is 326 Å². The molecule has 0 aromatic rings. The molecule has 10 nitrogen and oxygen atoms in total. The lowest BCUT2D eigenvalue weighted by atomic mass is 10.1. The van der Waals surface area contributed by atoms with Gasteiger partial charge < -0.3 is 25.2 Å². The number of hydrogen-bond donors (Lipinski definition) is 3. The molecule has 0 aromatic heterocycles. The first-order chi connectivity index (χ1) is 26.2. The van der Waals surface area contributed by atoms with Gasteiger partial charge in [-0.05, 0) is 77.0 Å². The van der Waals surface area contributed by atoms with Crippen molar-refractivity contribution in [3.05, 3.63) is 97.2 Å². The van der Waals surface area contributed by atoms with E-state index in [9.17, 15) is 24.2 Å². The molecule has 0 fully saturated rings. The van der Waals surface area contributed by atoms with Crippen LogP contribution in [0, 0.1) is 0 Å². The van der Waals surface area contributed by atoms with Gasteiger partial charge in [-0.15, -0.1) is 0 Å². The first kappa shape index (κ1) is 50.9. The van der Waals surface area contributed by atoms with Gasteiger partial charge in [0, 0.05) is 19.4 Å². The topological polar surface area (TPSA) is 155 Å². The van der Waals surface area contributed by atoms with Crippen LogP contribution in [-0.2, 0) is 32.7 Å². The Hall–Kier alpha value is -3.11. The second kappa shape index (κ2) is 38.2. The van der Waals surface area contributed by atoms with Crippen LogP contribution in [0.2, 0.25) is 0 Å². The summed E-state index contributed by atoms with van der Waals surface area (Å²) >= 11 is 0. The maximum Gasteiger partial charge on any atom is 0.472 e. The predicted molar refractivity (Wildman–Crippen MR) is 221 cm³/mol. The number of aliphatic hydroxyl groups excluding tert-OH is 1. The molecule has 54 heavy (non-hydrogen) atoms. The van der Waals surface area contributed by atoms with Crippen molar-refractivity contribution in [2.45, 2.75) is 135 Å². The summed E-state index contributed by atoms with van der Waals surface area (Å²) in [5, 5.41) is 9.86. The van der Waals surface area contributed by atoms with E-state index in [1.165, 1.54) is 0 Å². The van der Waals surface area contributed by atoms with E-state index in [-0.39, 0.29) is 32.6 Å². The molecule has 4 N–H and O–H groups in total. The molecule has 0 heterocycles. The van der Waals surface area contributed by atoms with E-state index < -0.39 is 38.6 Å². The van der Waals surface area contributed by atoms with E-state index in [1.54, 1.807) is 6.08 Å². The average molecular weight is 776 g/mol. The molecule has 0 radical (unpaired) electrons. The largest absolute Gasteiger partial charge is 0.472 e. The molecule has 306 valence electrons. The molecular formula is C43H70NO9P. The molecule has 0 saturated heterocycles. The van der Waals surface area contributed by atoms with Gasteiger partial charge in [0.05, 0.1) is 19.3 Å². The summed E-state index contributed by atoms with van der Waals surface area (Å²) in [6, 6.07) is 0. The Balaban J connectivity index is 4.40. The number of hydrogen-bond acceptors (Lipinski definition) is 9. The van der Waals surface area contributed by atoms with Gasteiger partial charge in [0.15, 0.2) is 6.10 Å². The molecule has 11 heteroatoms. The van der Waals surface area contributed by atoms with Gasteiger partial charge in [-0.25, -0.2) is 4.57 Å². The Bertz CT molecular complexity index is 1220. The number of carbonyl (C=O) groups is 2. The standard InChI is InChI=1S/C43H70NO9P/c1-3-5-7-8-9-10-11-12-13-14-15-16-17-20-23-26-30-34-42(46)50-38-41(39-52-54(48,49)51-37-36-44)53-43(47)35-31-27-24-21-18-19-22-25-29-33-40(45)32-28-6-4-2/h5-7,9-10,12-13,15-16,20,22-23,25,28-29,33,40-41,45H,3-4,8,11,14,17-19,21,24,26-27,30-32,34-39,44H2,1-2H3,(H,48,49)/b7-5-,10-9-,13-12-,16-15-,23-20-,25-22+,28-6+,33-29+/t40?,41-/m1/s1. The van der Waals surface area contributed by atoms with Crippen LogP contribution < -0.4 is 5.73 Å². The fourth-order valence-corrected chi connectivity index (χ4v) is 5.41. The quantitative estimate of drug-likeness (QED) is 0.0186. The van der Waals surface area contributed by atoms with Crippen molar-refractivity contribution < 1.29 is 42.7 Å². The molecule has 0 rings (SSSR count). The summed E-state index contributed by atoms with van der Waals surface area (Å²) in [6.45, 7) is 3.26. The molecule has 0 saturated carbocycles. The van der Waals surface area contributed by atoms with Crippen molar-refractivity contribution in [2.75, 3.05) is 26.4 Å². The maximum atomic E-state index is 12.5. The van der Waals surface area contributed by atoms with Crippen molar-refractivity contribution in [3.63, 3.8) is 0 Å². The Kier molecular flexibility index (Phi) is 36.0. The molecule has 0 aliphatic heterocycles. The molecule has 0 bridgehead atoms. The number of esters is 2. The first-order valence-electron chi connectivity index (χ1n) is 19.8. The highest BCUT2D eigenvalue weighted by Crippen LogP contribution is 2.43. The summed E-state index contributed by atoms with van der Waals surface area (Å²) in [4.78, 5) is 34.8. The van der Waals surface area contributed by atoms with E-state index >= 15 is 0 Å². The zero-order chi connectivity index (χ0) is 39.8. The molecule has 0 aromatic carbocycles. The molecule has 2 unspecified atom stereocenters. The predicted octanol–water partition coefficient (Wildman–Crippen LogP) is 10.0. The van der Waals surface area contributed by atoms with E-state index in [1.807, 2.05) is 30.4 Å². The average Bonchev–Trinajstić information content (AvgIpc) is 3.15. The molecular weight excluding hydrogens is 705 g/mol. The number of unbranched alkanes of at least 4 members (excludes halogenated alkanes) is 6. The third-order valence-electron chi connectivity index (χ3n) is 7.55. The van der Waals surface area contributed by atoms with Gasteiger partial charge in [-0.2, -0.15) is 0 Å². The minimum Gasteiger partial charge on any atom is -0.462 e. The Morgan fingerprint density at radius 3 is 1.85 bits per heavy atom. The third kappa shape index (κ3) is 37.2. The highest BCUT2D eigenvalue weighted by Gasteiger charge is 2.25. The van der Waals surface area contributed by atoms with Crippen molar-refractivity contribution in [1.82, 2.24) is 0 Å². The lowest BCUT2D eigenvalue weighted by Gasteiger charge is -2.19. The van der Waals surface area contributed by atoms with Crippen LogP contribution in [0.25, 0.3) is 0 Å². The van der Waals surface area contributed by atoms with Gasteiger partial charge in [0.2, 0.25) is 0 Å². The number of carbonyl (C=O) groups excluding carboxylic acids is 2. The summed E-state index contributed by atoms with van der Waals surface area (Å²) in [6.07, 6.45) is 44.9. The van der Waals surface area contributed by atoms with Crippen LogP contribution in [-0.4, -0.2) is 60.5 Å². The minimum absolute atomic E-state index is 0.0278. The van der Waals surface area contributed by atoms with Gasteiger partial charge in [-0.3, -0.25) is 18.6 Å². The SMILES string of the molecule is CC/C=C\C/C=C\C/C=C\C/C=C\C/C=C\CCCC(=O)OC[C@H](COP(=O)(O)OCCN)OC(=O)CCCCCCC/C=C/C=C/C(O)C/C=C/CC. The summed E-state index contributed by atoms with van der Waals surface area (Å²) in [7, 11) is -4.41. The highest BCUT2D eigenvalue weighted by atomic mass is 31.2. The highest BCUT2D eigenvalue weighted by molar-refractivity contribution is 7.47. The minimum atomic E-state index is -4.41. The van der Waals surface area contributed by atoms with Gasteiger partial charge in [0.1, 0.15) is 6.61 Å². The Morgan fingerprint density at radius 2 is 1.20 bits per heavy atom. The van der Waals surface area contributed by atoms with Crippen LogP contribution in [0.1, 0.15) is 123 Å². The second-order valence-corrected chi connectivity index (χ2v) is 14.0. The molecule has 0 aliphatic rings. The molecule has 0 spiro atoms. The van der Waals surface area contributed by atoms with Crippen molar-refractivity contribution >= 4 is 19.8 Å². The maximum absolute atomic E-state index is 12.5. The number of allylic oxidation sites excluding steroid dienone is 14. The lowest BCUT2D eigenvalue weighted by molar-refractivity contribution is -0.161. The number of phosphoric ester groups is 1. The summed E-state index contributed by atoms with van der Waals surface area (Å²) in [5.74, 6) is -0.964. The third-order valence-corrected chi connectivity index (χ3v) is 8.53. The van der Waals surface area contributed by atoms with E-state index in [4.69, 9.17) is 24.3 Å². The zero-order valence-corrected chi connectivity index (χ0v) is 33.9. The summed E-state index contributed by atoms with van der Waals surface area (Å²) < 4.78 is 32.6. The van der Waals surface area contributed by atoms with Crippen molar-refractivity contribution in [1.29, 1.82) is 0 Å². The fourth-order valence-electron chi connectivity index (χ4n) is 4.64. The van der Waals surface area contributed by atoms with Crippen molar-refractivity contribution in [3.8, 4) is 0 Å². The number of ether oxygens (including phenoxy) is 2. The Morgan fingerprint density at radius 1 is 0.648 bits per heavy atom. The van der Waals surface area contributed by atoms with E-state index in [2.05, 4.69) is 74.6 Å². The number of nitrogens with two attached hydrogens (primary N) is 1. The van der Waals surface area contributed by atoms with Crippen LogP contribution in [0.3, 0.4) is 0 Å². The summed E-state index contributed by atoms with van der Waals surface area (Å²) in [5.41, 5.74) is 5.33. The molecule has 0 amide bonds. The number of aliphatic hydroxyl groups is 1. The van der Waals surface area contributed by atoms with Crippen LogP contribution in [0.5, 0.6) is 0 Å². The monoisotopic (exact) mass is 775 g/mol. The van der Waals surface area contributed by atoms with Gasteiger partial charge in [0.25, 0.3) is 0 Å².